The van der Waals surface area contributed by atoms with Crippen molar-refractivity contribution in [2.24, 2.45) is 5.10 Å². The number of aromatic nitrogens is 3. The quantitative estimate of drug-likeness (QED) is 0.405. The maximum Gasteiger partial charge on any atom is 0.416 e. The Balaban J connectivity index is 1.86. The smallest absolute Gasteiger partial charge is 0.272 e. The van der Waals surface area contributed by atoms with Crippen LogP contribution < -0.4 is 16.7 Å². The maximum absolute atomic E-state index is 12.4. The number of nitrogens with one attached hydrogen (secondary N) is 3. The molecule has 1 amide bonds. The molecular formula is C13H10F3N5O3S. The molecule has 132 valence electrons. The number of rotatable bonds is 5. The van der Waals surface area contributed by atoms with Gasteiger partial charge >= 0.3 is 11.9 Å². The Labute approximate surface area is 141 Å². The van der Waals surface area contributed by atoms with Gasteiger partial charge in [0, 0.05) is 0 Å². The highest BCUT2D eigenvalue weighted by Crippen LogP contribution is 2.28. The molecule has 0 saturated carbocycles. The normalized spacial score (nSPS) is 11.6. The summed E-state index contributed by atoms with van der Waals surface area (Å²) in [6.07, 6.45) is -3.25. The molecule has 25 heavy (non-hydrogen) atoms. The molecule has 0 aliphatic carbocycles. The van der Waals surface area contributed by atoms with E-state index in [1.807, 2.05) is 10.1 Å². The molecule has 0 spiro atoms. The molecule has 0 unspecified atom stereocenters. The van der Waals surface area contributed by atoms with Gasteiger partial charge in [-0.05, 0) is 17.7 Å². The first-order valence-corrected chi connectivity index (χ1v) is 7.55. The fourth-order valence-electron chi connectivity index (χ4n) is 1.54. The molecule has 0 radical (unpaired) electrons. The van der Waals surface area contributed by atoms with Gasteiger partial charge in [0.25, 0.3) is 5.56 Å². The molecule has 0 aliphatic rings. The van der Waals surface area contributed by atoms with Gasteiger partial charge in [0.1, 0.15) is 0 Å². The molecule has 8 nitrogen and oxygen atoms in total. The Bertz CT molecular complexity index is 889. The van der Waals surface area contributed by atoms with Crippen LogP contribution in [0.2, 0.25) is 0 Å². The summed E-state index contributed by atoms with van der Waals surface area (Å²) in [7, 11) is 0. The van der Waals surface area contributed by atoms with E-state index in [1.54, 1.807) is 0 Å². The summed E-state index contributed by atoms with van der Waals surface area (Å²) in [5.74, 6) is -0.771. The predicted molar refractivity (Wildman–Crippen MR) is 83.4 cm³/mol. The number of carbonyl (C=O) groups excluding carboxylic acids is 1. The van der Waals surface area contributed by atoms with Gasteiger partial charge < -0.3 is 0 Å². The molecule has 0 fully saturated rings. The van der Waals surface area contributed by atoms with Gasteiger partial charge in [-0.3, -0.25) is 14.6 Å². The number of thioether (sulfide) groups is 1. The Kier molecular flexibility index (Phi) is 5.75. The molecule has 3 N–H and O–H groups in total. The van der Waals surface area contributed by atoms with Crippen molar-refractivity contribution in [2.75, 3.05) is 5.75 Å². The molecule has 1 heterocycles. The number of hydrazone groups is 1. The zero-order chi connectivity index (χ0) is 18.4. The van der Waals surface area contributed by atoms with Gasteiger partial charge in [-0.25, -0.2) is 15.3 Å². The first-order chi connectivity index (χ1) is 11.8. The zero-order valence-electron chi connectivity index (χ0n) is 12.3. The number of benzene rings is 1. The van der Waals surface area contributed by atoms with Crippen LogP contribution in [0.1, 0.15) is 11.1 Å². The van der Waals surface area contributed by atoms with E-state index in [0.29, 0.717) is 5.56 Å². The van der Waals surface area contributed by atoms with E-state index >= 15 is 0 Å². The fraction of sp³-hybridized carbons (Fsp3) is 0.154. The Hall–Kier alpha value is -2.89. The lowest BCUT2D eigenvalue weighted by Crippen LogP contribution is -2.26. The van der Waals surface area contributed by atoms with Crippen LogP contribution in [0.15, 0.2) is 44.0 Å². The van der Waals surface area contributed by atoms with Crippen molar-refractivity contribution in [1.29, 1.82) is 0 Å². The monoisotopic (exact) mass is 373 g/mol. The Morgan fingerprint density at radius 1 is 1.28 bits per heavy atom. The average Bonchev–Trinajstić information content (AvgIpc) is 2.53. The van der Waals surface area contributed by atoms with E-state index < -0.39 is 28.9 Å². The number of amides is 1. The average molecular weight is 373 g/mol. The molecule has 2 rings (SSSR count). The van der Waals surface area contributed by atoms with Crippen molar-refractivity contribution >= 4 is 23.9 Å². The van der Waals surface area contributed by atoms with E-state index in [2.05, 4.69) is 15.6 Å². The summed E-state index contributed by atoms with van der Waals surface area (Å²) in [5.41, 5.74) is 0.234. The first-order valence-electron chi connectivity index (χ1n) is 6.56. The van der Waals surface area contributed by atoms with Crippen molar-refractivity contribution in [1.82, 2.24) is 20.6 Å². The third-order valence-corrected chi connectivity index (χ3v) is 3.62. The number of carbonyl (C=O) groups is 1. The zero-order valence-corrected chi connectivity index (χ0v) is 13.1. The van der Waals surface area contributed by atoms with Crippen LogP contribution in [0.5, 0.6) is 0 Å². The van der Waals surface area contributed by atoms with Crippen LogP contribution in [0.25, 0.3) is 0 Å². The number of aromatic amines is 2. The van der Waals surface area contributed by atoms with Crippen molar-refractivity contribution in [3.8, 4) is 0 Å². The molecule has 0 bridgehead atoms. The number of hydrogen-bond acceptors (Lipinski definition) is 6. The highest BCUT2D eigenvalue weighted by Gasteiger charge is 2.29. The SMILES string of the molecule is O=C(CSc1n[nH]c(=O)[nH]c1=O)N/N=C\c1ccc(C(F)(F)F)cc1. The fourth-order valence-corrected chi connectivity index (χ4v) is 2.16. The molecular weight excluding hydrogens is 363 g/mol. The van der Waals surface area contributed by atoms with E-state index in [0.717, 1.165) is 23.9 Å². The summed E-state index contributed by atoms with van der Waals surface area (Å²) in [5, 5.41) is 9.00. The van der Waals surface area contributed by atoms with Crippen LogP contribution in [0.4, 0.5) is 13.2 Å². The summed E-state index contributed by atoms with van der Waals surface area (Å²) in [4.78, 5) is 35.7. The minimum absolute atomic E-state index is 0.0959. The third kappa shape index (κ3) is 5.60. The van der Waals surface area contributed by atoms with Crippen molar-refractivity contribution < 1.29 is 18.0 Å². The summed E-state index contributed by atoms with van der Waals surface area (Å²) < 4.78 is 37.2. The molecule has 1 aromatic carbocycles. The van der Waals surface area contributed by atoms with Crippen LogP contribution in [-0.4, -0.2) is 33.1 Å². The largest absolute Gasteiger partial charge is 0.416 e. The molecule has 12 heteroatoms. The summed E-state index contributed by atoms with van der Waals surface area (Å²) >= 11 is 0.779. The second kappa shape index (κ2) is 7.79. The minimum atomic E-state index is -4.42. The molecule has 0 aliphatic heterocycles. The highest BCUT2D eigenvalue weighted by molar-refractivity contribution is 7.99. The highest BCUT2D eigenvalue weighted by atomic mass is 32.2. The van der Waals surface area contributed by atoms with Crippen molar-refractivity contribution in [2.45, 2.75) is 11.2 Å². The van der Waals surface area contributed by atoms with Crippen LogP contribution in [-0.2, 0) is 11.0 Å². The number of alkyl halides is 3. The first kappa shape index (κ1) is 18.4. The van der Waals surface area contributed by atoms with Crippen LogP contribution in [0, 0.1) is 0 Å². The van der Waals surface area contributed by atoms with Gasteiger partial charge in [0.15, 0.2) is 5.03 Å². The van der Waals surface area contributed by atoms with E-state index in [1.165, 1.54) is 18.3 Å². The topological polar surface area (TPSA) is 120 Å². The van der Waals surface area contributed by atoms with Crippen molar-refractivity contribution in [3.63, 3.8) is 0 Å². The second-order valence-corrected chi connectivity index (χ2v) is 5.48. The molecule has 0 atom stereocenters. The Morgan fingerprint density at radius 2 is 1.96 bits per heavy atom. The second-order valence-electron chi connectivity index (χ2n) is 4.51. The third-order valence-electron chi connectivity index (χ3n) is 2.66. The maximum atomic E-state index is 12.4. The van der Waals surface area contributed by atoms with Gasteiger partial charge in [-0.2, -0.15) is 23.4 Å². The lowest BCUT2D eigenvalue weighted by molar-refractivity contribution is -0.137. The Morgan fingerprint density at radius 3 is 2.56 bits per heavy atom. The number of nitrogens with zero attached hydrogens (tertiary/aromatic N) is 2. The minimum Gasteiger partial charge on any atom is -0.272 e. The van der Waals surface area contributed by atoms with Crippen molar-refractivity contribution in [3.05, 3.63) is 56.2 Å². The molecule has 2 aromatic rings. The number of hydrogen-bond donors (Lipinski definition) is 3. The lowest BCUT2D eigenvalue weighted by Gasteiger charge is -2.05. The van der Waals surface area contributed by atoms with E-state index in [4.69, 9.17) is 0 Å². The van der Waals surface area contributed by atoms with Gasteiger partial charge in [0.05, 0.1) is 17.5 Å². The standard InChI is InChI=1S/C13H10F3N5O3S/c14-13(15,16)8-3-1-7(2-4-8)5-17-19-9(22)6-25-11-10(23)18-12(24)21-20-11/h1-5H,6H2,(H,19,22)(H2,18,21,23,24)/b17-5-. The number of H-pyrrole nitrogens is 2. The van der Waals surface area contributed by atoms with E-state index in [-0.39, 0.29) is 10.8 Å². The summed E-state index contributed by atoms with van der Waals surface area (Å²) in [6, 6.07) is 4.20. The van der Waals surface area contributed by atoms with Crippen LogP contribution >= 0.6 is 11.8 Å². The van der Waals surface area contributed by atoms with Crippen LogP contribution in [0.3, 0.4) is 0 Å². The lowest BCUT2D eigenvalue weighted by atomic mass is 10.1. The molecule has 0 saturated heterocycles. The van der Waals surface area contributed by atoms with Gasteiger partial charge in [0.2, 0.25) is 5.91 Å². The van der Waals surface area contributed by atoms with Gasteiger partial charge in [-0.15, -0.1) is 0 Å². The number of halogens is 3. The molecule has 1 aromatic heterocycles. The van der Waals surface area contributed by atoms with Gasteiger partial charge in [-0.1, -0.05) is 23.9 Å². The predicted octanol–water partition coefficient (Wildman–Crippen LogP) is 0.719. The van der Waals surface area contributed by atoms with E-state index in [9.17, 15) is 27.6 Å². The summed E-state index contributed by atoms with van der Waals surface area (Å²) in [6.45, 7) is 0.